The first kappa shape index (κ1) is 30.3. The summed E-state index contributed by atoms with van der Waals surface area (Å²) >= 11 is 0. The Labute approximate surface area is 238 Å². The fourth-order valence-electron chi connectivity index (χ4n) is 4.48. The largest absolute Gasteiger partial charge is 0.465 e. The minimum atomic E-state index is -0.403. The maximum Gasteiger partial charge on any atom is 0.337 e. The van der Waals surface area contributed by atoms with Gasteiger partial charge in [-0.05, 0) is 75.9 Å². The van der Waals surface area contributed by atoms with Gasteiger partial charge in [0, 0.05) is 18.0 Å². The van der Waals surface area contributed by atoms with Gasteiger partial charge in [0.15, 0.2) is 0 Å². The number of carbonyl (C=O) groups excluding carboxylic acids is 2. The van der Waals surface area contributed by atoms with Crippen molar-refractivity contribution in [3.05, 3.63) is 102 Å². The number of rotatable bonds is 7. The maximum absolute atomic E-state index is 13.6. The van der Waals surface area contributed by atoms with Crippen molar-refractivity contribution < 1.29 is 14.3 Å². The molecule has 40 heavy (non-hydrogen) atoms. The summed E-state index contributed by atoms with van der Waals surface area (Å²) in [6, 6.07) is 21.8. The zero-order chi connectivity index (χ0) is 29.4. The molecule has 0 aliphatic heterocycles. The molecule has 0 aliphatic carbocycles. The quantitative estimate of drug-likeness (QED) is 0.222. The predicted octanol–water partition coefficient (Wildman–Crippen LogP) is 8.64. The molecule has 0 saturated heterocycles. The van der Waals surface area contributed by atoms with Gasteiger partial charge >= 0.3 is 5.97 Å². The van der Waals surface area contributed by atoms with E-state index in [0.29, 0.717) is 24.3 Å². The summed E-state index contributed by atoms with van der Waals surface area (Å²) in [6.07, 6.45) is 3.92. The second-order valence-corrected chi connectivity index (χ2v) is 10.8. The van der Waals surface area contributed by atoms with Gasteiger partial charge in [-0.2, -0.15) is 0 Å². The van der Waals surface area contributed by atoms with Crippen molar-refractivity contribution in [1.82, 2.24) is 4.98 Å². The first-order valence-corrected chi connectivity index (χ1v) is 13.7. The summed E-state index contributed by atoms with van der Waals surface area (Å²) in [5, 5.41) is 1.62. The van der Waals surface area contributed by atoms with E-state index >= 15 is 0 Å². The van der Waals surface area contributed by atoms with Crippen molar-refractivity contribution in [1.29, 1.82) is 0 Å². The Morgan fingerprint density at radius 3 is 2.25 bits per heavy atom. The number of aromatic nitrogens is 1. The second-order valence-electron chi connectivity index (χ2n) is 10.8. The Kier molecular flexibility index (Phi) is 10.0. The summed E-state index contributed by atoms with van der Waals surface area (Å²) in [6.45, 7) is 16.5. The van der Waals surface area contributed by atoms with E-state index in [1.54, 1.807) is 23.2 Å². The minimum absolute atomic E-state index is 0.00668. The number of ether oxygens (including phenoxy) is 1. The second kappa shape index (κ2) is 13.2. The normalized spacial score (nSPS) is 10.9. The van der Waals surface area contributed by atoms with Crippen LogP contribution in [0.5, 0.6) is 0 Å². The van der Waals surface area contributed by atoms with E-state index in [1.165, 1.54) is 12.7 Å². The third kappa shape index (κ3) is 7.23. The van der Waals surface area contributed by atoms with E-state index in [0.717, 1.165) is 33.0 Å². The lowest BCUT2D eigenvalue weighted by Crippen LogP contribution is -2.34. The third-order valence-electron chi connectivity index (χ3n) is 6.53. The summed E-state index contributed by atoms with van der Waals surface area (Å²) in [4.78, 5) is 32.1. The lowest BCUT2D eigenvalue weighted by atomic mass is 9.91. The van der Waals surface area contributed by atoms with Crippen LogP contribution in [-0.2, 0) is 16.1 Å². The van der Waals surface area contributed by atoms with Crippen LogP contribution in [0, 0.1) is 12.3 Å². The molecule has 0 atom stereocenters. The van der Waals surface area contributed by atoms with Gasteiger partial charge in [0.25, 0.3) is 0 Å². The zero-order valence-corrected chi connectivity index (χ0v) is 24.7. The van der Waals surface area contributed by atoms with Gasteiger partial charge in [-0.15, -0.1) is 0 Å². The highest BCUT2D eigenvalue weighted by atomic mass is 16.5. The number of amides is 1. The smallest absolute Gasteiger partial charge is 0.337 e. The van der Waals surface area contributed by atoms with E-state index in [2.05, 4.69) is 81.7 Å². The first-order valence-electron chi connectivity index (χ1n) is 13.7. The Hall–Kier alpha value is -4.25. The van der Waals surface area contributed by atoms with E-state index in [4.69, 9.17) is 4.74 Å². The standard InChI is InChI=1S/C33H34N2O3.C2H6/c1-7-24-18-26(11-8-22(24)2)25-12-9-23(10-13-25)21-35(30(36)20-33(3,4)5)31-29-15-14-28(32(37)38-6)19-27(29)16-17-34-31;1-2/h7-19H,1,20-21H2,2-6H3;1-2H3. The van der Waals surface area contributed by atoms with Crippen LogP contribution in [0.1, 0.15) is 68.1 Å². The lowest BCUT2D eigenvalue weighted by Gasteiger charge is -2.27. The SMILES string of the molecule is C=Cc1cc(-c2ccc(CN(C(=O)CC(C)(C)C)c3nccc4cc(C(=O)OC)ccc34)cc2)ccc1C.CC. The number of hydrogen-bond acceptors (Lipinski definition) is 4. The molecular weight excluding hydrogens is 496 g/mol. The highest BCUT2D eigenvalue weighted by molar-refractivity contribution is 6.04. The van der Waals surface area contributed by atoms with Crippen molar-refractivity contribution >= 4 is 34.5 Å². The molecule has 4 rings (SSSR count). The maximum atomic E-state index is 13.6. The molecule has 3 aromatic carbocycles. The molecule has 0 unspecified atom stereocenters. The Morgan fingerprint density at radius 2 is 1.62 bits per heavy atom. The fourth-order valence-corrected chi connectivity index (χ4v) is 4.48. The van der Waals surface area contributed by atoms with Crippen molar-refractivity contribution in [2.75, 3.05) is 12.0 Å². The summed E-state index contributed by atoms with van der Waals surface area (Å²) in [5.74, 6) is 0.166. The molecule has 5 heteroatoms. The molecule has 0 saturated carbocycles. The number of esters is 1. The van der Waals surface area contributed by atoms with Gasteiger partial charge in [-0.1, -0.05) is 83.7 Å². The molecule has 0 bridgehead atoms. The van der Waals surface area contributed by atoms with Crippen LogP contribution >= 0.6 is 0 Å². The monoisotopic (exact) mass is 536 g/mol. The number of nitrogens with zero attached hydrogens (tertiary/aromatic N) is 2. The van der Waals surface area contributed by atoms with Crippen LogP contribution in [0.25, 0.3) is 28.0 Å². The van der Waals surface area contributed by atoms with E-state index < -0.39 is 5.97 Å². The molecule has 1 heterocycles. The number of fused-ring (bicyclic) bond motifs is 1. The minimum Gasteiger partial charge on any atom is -0.465 e. The number of anilines is 1. The zero-order valence-electron chi connectivity index (χ0n) is 24.7. The van der Waals surface area contributed by atoms with E-state index in [-0.39, 0.29) is 11.3 Å². The predicted molar refractivity (Wildman–Crippen MR) is 166 cm³/mol. The van der Waals surface area contributed by atoms with Crippen molar-refractivity contribution in [2.24, 2.45) is 5.41 Å². The van der Waals surface area contributed by atoms with Gasteiger partial charge in [-0.3, -0.25) is 9.69 Å². The number of aryl methyl sites for hydroxylation is 1. The van der Waals surface area contributed by atoms with Gasteiger partial charge < -0.3 is 4.74 Å². The van der Waals surface area contributed by atoms with E-state index in [1.807, 2.05) is 32.1 Å². The Bertz CT molecular complexity index is 1500. The van der Waals surface area contributed by atoms with Crippen LogP contribution in [0.2, 0.25) is 0 Å². The molecule has 0 N–H and O–H groups in total. The topological polar surface area (TPSA) is 59.5 Å². The number of benzene rings is 3. The molecule has 4 aromatic rings. The third-order valence-corrected chi connectivity index (χ3v) is 6.53. The van der Waals surface area contributed by atoms with Crippen LogP contribution < -0.4 is 4.90 Å². The van der Waals surface area contributed by atoms with Crippen molar-refractivity contribution in [3.63, 3.8) is 0 Å². The number of pyridine rings is 1. The average molecular weight is 537 g/mol. The molecule has 0 spiro atoms. The molecule has 0 fully saturated rings. The lowest BCUT2D eigenvalue weighted by molar-refractivity contribution is -0.120. The van der Waals surface area contributed by atoms with E-state index in [9.17, 15) is 9.59 Å². The molecule has 1 amide bonds. The number of hydrogen-bond donors (Lipinski definition) is 0. The first-order chi connectivity index (χ1) is 19.1. The average Bonchev–Trinajstić information content (AvgIpc) is 2.95. The van der Waals surface area contributed by atoms with Gasteiger partial charge in [0.05, 0.1) is 19.2 Å². The highest BCUT2D eigenvalue weighted by Crippen LogP contribution is 2.30. The molecule has 0 radical (unpaired) electrons. The van der Waals surface area contributed by atoms with Crippen molar-refractivity contribution in [3.8, 4) is 11.1 Å². The van der Waals surface area contributed by atoms with Crippen molar-refractivity contribution in [2.45, 2.75) is 54.5 Å². The molecule has 0 aliphatic rings. The fraction of sp³-hybridized carbons (Fsp3) is 0.286. The van der Waals surface area contributed by atoms with Crippen LogP contribution in [0.4, 0.5) is 5.82 Å². The van der Waals surface area contributed by atoms with Crippen LogP contribution in [-0.4, -0.2) is 24.0 Å². The molecular formula is C35H40N2O3. The summed E-state index contributed by atoms with van der Waals surface area (Å²) < 4.78 is 4.87. The number of carbonyl (C=O) groups is 2. The Morgan fingerprint density at radius 1 is 0.950 bits per heavy atom. The summed E-state index contributed by atoms with van der Waals surface area (Å²) in [5.41, 5.74) is 5.79. The van der Waals surface area contributed by atoms with Gasteiger partial charge in [-0.25, -0.2) is 9.78 Å². The van der Waals surface area contributed by atoms with Crippen LogP contribution in [0.15, 0.2) is 79.5 Å². The summed E-state index contributed by atoms with van der Waals surface area (Å²) in [7, 11) is 1.36. The van der Waals surface area contributed by atoms with Gasteiger partial charge in [0.1, 0.15) is 5.82 Å². The molecule has 5 nitrogen and oxygen atoms in total. The Balaban J connectivity index is 0.00000216. The molecule has 208 valence electrons. The number of methoxy groups -OCH3 is 1. The van der Waals surface area contributed by atoms with Gasteiger partial charge in [0.2, 0.25) is 5.91 Å². The highest BCUT2D eigenvalue weighted by Gasteiger charge is 2.25. The molecule has 1 aromatic heterocycles. The van der Waals surface area contributed by atoms with Crippen LogP contribution in [0.3, 0.4) is 0 Å².